The monoisotopic (exact) mass is 451 g/mol. The molecule has 0 aliphatic heterocycles. The highest BCUT2D eigenvalue weighted by Gasteiger charge is 2.24. The summed E-state index contributed by atoms with van der Waals surface area (Å²) in [5.41, 5.74) is 4.50. The zero-order valence-corrected chi connectivity index (χ0v) is 19.6. The number of nitrogens with zero attached hydrogens (tertiary/aromatic N) is 2. The first-order chi connectivity index (χ1) is 15.6. The number of nitrogens with one attached hydrogen (secondary N) is 1. The molecule has 1 heterocycles. The molecule has 1 amide bonds. The molecule has 1 N–H and O–H groups in total. The van der Waals surface area contributed by atoms with Crippen LogP contribution in [0.1, 0.15) is 36.7 Å². The molecule has 4 rings (SSSR count). The van der Waals surface area contributed by atoms with Gasteiger partial charge in [0.1, 0.15) is 0 Å². The number of thioether (sulfide) groups is 1. The fourth-order valence-electron chi connectivity index (χ4n) is 3.97. The highest BCUT2D eigenvalue weighted by Crippen LogP contribution is 2.32. The van der Waals surface area contributed by atoms with E-state index < -0.39 is 0 Å². The number of aromatic nitrogens is 2. The van der Waals surface area contributed by atoms with Crippen LogP contribution in [0, 0.1) is 0 Å². The van der Waals surface area contributed by atoms with E-state index in [1.165, 1.54) is 36.0 Å². The predicted molar refractivity (Wildman–Crippen MR) is 127 cm³/mol. The number of hydrogen-bond acceptors (Lipinski definition) is 5. The molecular formula is C25H29N3O3S. The molecule has 0 spiro atoms. The van der Waals surface area contributed by atoms with Gasteiger partial charge in [0.2, 0.25) is 5.91 Å². The third-order valence-electron chi connectivity index (χ3n) is 5.68. The number of imidazole rings is 1. The van der Waals surface area contributed by atoms with Gasteiger partial charge in [0.25, 0.3) is 0 Å². The third kappa shape index (κ3) is 4.78. The summed E-state index contributed by atoms with van der Waals surface area (Å²) < 4.78 is 12.9. The van der Waals surface area contributed by atoms with Crippen molar-refractivity contribution in [2.24, 2.45) is 0 Å². The molecule has 3 aromatic rings. The number of amides is 1. The van der Waals surface area contributed by atoms with Crippen molar-refractivity contribution < 1.29 is 14.3 Å². The first-order valence-corrected chi connectivity index (χ1v) is 11.8. The maximum Gasteiger partial charge on any atom is 0.233 e. The van der Waals surface area contributed by atoms with Gasteiger partial charge in [0.15, 0.2) is 16.7 Å². The molecule has 0 saturated heterocycles. The van der Waals surface area contributed by atoms with Crippen molar-refractivity contribution in [3.8, 4) is 17.2 Å². The lowest BCUT2D eigenvalue weighted by atomic mass is 10.0. The molecule has 6 nitrogen and oxygen atoms in total. The van der Waals surface area contributed by atoms with E-state index in [0.29, 0.717) is 18.0 Å². The third-order valence-corrected chi connectivity index (χ3v) is 6.73. The highest BCUT2D eigenvalue weighted by atomic mass is 32.2. The van der Waals surface area contributed by atoms with Gasteiger partial charge in [0, 0.05) is 17.9 Å². The summed E-state index contributed by atoms with van der Waals surface area (Å²) in [6, 6.07) is 16.0. The smallest absolute Gasteiger partial charge is 0.233 e. The molecule has 1 aliphatic rings. The zero-order valence-electron chi connectivity index (χ0n) is 18.8. The average Bonchev–Trinajstić information content (AvgIpc) is 3.20. The zero-order chi connectivity index (χ0) is 22.5. The van der Waals surface area contributed by atoms with Gasteiger partial charge in [0.05, 0.1) is 25.2 Å². The van der Waals surface area contributed by atoms with Crippen LogP contribution in [0.4, 0.5) is 0 Å². The molecule has 7 heteroatoms. The summed E-state index contributed by atoms with van der Waals surface area (Å²) in [5.74, 6) is 1.30. The second-order valence-corrected chi connectivity index (χ2v) is 9.14. The number of aryl methyl sites for hydroxylation is 1. The Hall–Kier alpha value is -2.93. The van der Waals surface area contributed by atoms with Gasteiger partial charge in [-0.25, -0.2) is 4.98 Å². The van der Waals surface area contributed by atoms with Crippen LogP contribution in [0.5, 0.6) is 11.5 Å². The maximum atomic E-state index is 12.9. The van der Waals surface area contributed by atoms with Gasteiger partial charge in [-0.15, -0.1) is 0 Å². The average molecular weight is 452 g/mol. The number of carbonyl (C=O) groups excluding carboxylic acids is 1. The van der Waals surface area contributed by atoms with E-state index in [0.717, 1.165) is 29.2 Å². The second-order valence-electron chi connectivity index (χ2n) is 7.83. The fraction of sp³-hybridized carbons (Fsp3) is 0.360. The first kappa shape index (κ1) is 22.3. The van der Waals surface area contributed by atoms with Crippen molar-refractivity contribution in [1.29, 1.82) is 0 Å². The Morgan fingerprint density at radius 2 is 1.84 bits per heavy atom. The van der Waals surface area contributed by atoms with Crippen molar-refractivity contribution in [2.45, 2.75) is 49.6 Å². The van der Waals surface area contributed by atoms with E-state index >= 15 is 0 Å². The topological polar surface area (TPSA) is 65.4 Å². The van der Waals surface area contributed by atoms with Crippen molar-refractivity contribution in [2.75, 3.05) is 14.2 Å². The molecule has 2 aromatic carbocycles. The minimum absolute atomic E-state index is 0.0228. The van der Waals surface area contributed by atoms with Crippen molar-refractivity contribution in [3.63, 3.8) is 0 Å². The summed E-state index contributed by atoms with van der Waals surface area (Å²) in [6.07, 6.45) is 4.38. The fourth-order valence-corrected chi connectivity index (χ4v) is 4.96. The largest absolute Gasteiger partial charge is 0.493 e. The number of para-hydroxylation sites is 1. The van der Waals surface area contributed by atoms with Gasteiger partial charge in [-0.2, -0.15) is 0 Å². The van der Waals surface area contributed by atoms with E-state index in [-0.39, 0.29) is 11.2 Å². The van der Waals surface area contributed by atoms with E-state index in [2.05, 4.69) is 22.0 Å². The molecule has 1 aliphatic carbocycles. The Bertz CT molecular complexity index is 1080. The van der Waals surface area contributed by atoms with Gasteiger partial charge >= 0.3 is 0 Å². The Morgan fingerprint density at radius 3 is 2.59 bits per heavy atom. The molecule has 0 radical (unpaired) electrons. The van der Waals surface area contributed by atoms with E-state index in [9.17, 15) is 4.79 Å². The highest BCUT2D eigenvalue weighted by molar-refractivity contribution is 8.00. The number of rotatable bonds is 8. The lowest BCUT2D eigenvalue weighted by Gasteiger charge is -2.16. The Kier molecular flexibility index (Phi) is 7.05. The summed E-state index contributed by atoms with van der Waals surface area (Å²) in [6.45, 7) is 2.35. The number of methoxy groups -OCH3 is 2. The van der Waals surface area contributed by atoms with Crippen LogP contribution >= 0.6 is 11.8 Å². The summed E-state index contributed by atoms with van der Waals surface area (Å²) >= 11 is 1.51. The van der Waals surface area contributed by atoms with E-state index in [4.69, 9.17) is 14.5 Å². The van der Waals surface area contributed by atoms with E-state index in [1.807, 2.05) is 43.3 Å². The number of carbonyl (C=O) groups is 1. The molecule has 0 bridgehead atoms. The number of benzene rings is 2. The normalized spacial score (nSPS) is 13.8. The van der Waals surface area contributed by atoms with Gasteiger partial charge in [-0.3, -0.25) is 9.36 Å². The van der Waals surface area contributed by atoms with Crippen molar-refractivity contribution in [3.05, 3.63) is 65.5 Å². The Balaban J connectivity index is 1.47. The van der Waals surface area contributed by atoms with Gasteiger partial charge in [-0.1, -0.05) is 36.0 Å². The van der Waals surface area contributed by atoms with Crippen LogP contribution in [0.2, 0.25) is 0 Å². The summed E-state index contributed by atoms with van der Waals surface area (Å²) in [7, 11) is 3.21. The minimum atomic E-state index is -0.276. The van der Waals surface area contributed by atoms with Gasteiger partial charge < -0.3 is 14.8 Å². The molecule has 1 aromatic heterocycles. The van der Waals surface area contributed by atoms with Crippen LogP contribution in [0.15, 0.2) is 53.7 Å². The summed E-state index contributed by atoms with van der Waals surface area (Å²) in [5, 5.41) is 3.65. The minimum Gasteiger partial charge on any atom is -0.493 e. The van der Waals surface area contributed by atoms with E-state index in [1.54, 1.807) is 14.2 Å². The molecule has 1 unspecified atom stereocenters. The van der Waals surface area contributed by atoms with Crippen LogP contribution in [-0.2, 0) is 24.2 Å². The van der Waals surface area contributed by atoms with Crippen LogP contribution in [0.25, 0.3) is 5.69 Å². The first-order valence-electron chi connectivity index (χ1n) is 10.9. The summed E-state index contributed by atoms with van der Waals surface area (Å²) in [4.78, 5) is 17.8. The van der Waals surface area contributed by atoms with Crippen molar-refractivity contribution in [1.82, 2.24) is 14.9 Å². The van der Waals surface area contributed by atoms with Crippen LogP contribution in [0.3, 0.4) is 0 Å². The Labute approximate surface area is 193 Å². The molecule has 168 valence electrons. The molecular weight excluding hydrogens is 422 g/mol. The van der Waals surface area contributed by atoms with Crippen LogP contribution < -0.4 is 14.8 Å². The van der Waals surface area contributed by atoms with Crippen LogP contribution in [-0.4, -0.2) is 34.9 Å². The maximum absolute atomic E-state index is 12.9. The molecule has 0 fully saturated rings. The SMILES string of the molecule is COc1ccc(CNC(=O)C(C)Sc2nc3c(n2-c2ccccc2)CCCC3)cc1OC. The Morgan fingerprint density at radius 1 is 1.09 bits per heavy atom. The molecule has 1 atom stereocenters. The number of hydrogen-bond donors (Lipinski definition) is 1. The lowest BCUT2D eigenvalue weighted by Crippen LogP contribution is -2.30. The van der Waals surface area contributed by atoms with Crippen molar-refractivity contribution >= 4 is 17.7 Å². The standard InChI is InChI=1S/C25H29N3O3S/c1-17(24(29)26-16-18-13-14-22(30-2)23(15-18)31-3)32-25-27-20-11-7-8-12-21(20)28(25)19-9-5-4-6-10-19/h4-6,9-10,13-15,17H,7-8,11-12,16H2,1-3H3,(H,26,29). The number of ether oxygens (including phenoxy) is 2. The lowest BCUT2D eigenvalue weighted by molar-refractivity contribution is -0.120. The predicted octanol–water partition coefficient (Wildman–Crippen LogP) is 4.57. The molecule has 0 saturated carbocycles. The quantitative estimate of drug-likeness (QED) is 0.509. The molecule has 32 heavy (non-hydrogen) atoms. The van der Waals surface area contributed by atoms with Gasteiger partial charge in [-0.05, 0) is 62.4 Å². The second kappa shape index (κ2) is 10.1. The number of fused-ring (bicyclic) bond motifs is 1.